The van der Waals surface area contributed by atoms with Crippen LogP contribution in [0, 0.1) is 3.57 Å². The third-order valence-electron chi connectivity index (χ3n) is 2.97. The summed E-state index contributed by atoms with van der Waals surface area (Å²) in [5.74, 6) is 0.642. The largest absolute Gasteiger partial charge is 0.484 e. The summed E-state index contributed by atoms with van der Waals surface area (Å²) in [5.41, 5.74) is 1.29. The molecule has 0 heterocycles. The predicted molar refractivity (Wildman–Crippen MR) is 92.4 cm³/mol. The fraction of sp³-hybridized carbons (Fsp3) is 0.235. The lowest BCUT2D eigenvalue weighted by molar-refractivity contribution is -0.123. The number of hydrogen-bond donors (Lipinski definition) is 1. The minimum absolute atomic E-state index is 0.0609. The molecule has 0 radical (unpaired) electrons. The number of aryl methyl sites for hydroxylation is 1. The first-order valence-corrected chi connectivity index (χ1v) is 8.01. The lowest BCUT2D eigenvalue weighted by Gasteiger charge is -2.08. The molecule has 0 saturated carbocycles. The highest BCUT2D eigenvalue weighted by atomic mass is 127. The first-order valence-electron chi connectivity index (χ1n) is 6.93. The second-order valence-corrected chi connectivity index (χ2v) is 5.93. The number of carbonyl (C=O) groups is 1. The molecule has 1 N–H and O–H groups in total. The Labute approximate surface area is 138 Å². The zero-order chi connectivity index (χ0) is 14.9. The van der Waals surface area contributed by atoms with Gasteiger partial charge in [0.1, 0.15) is 5.75 Å². The summed E-state index contributed by atoms with van der Waals surface area (Å²) in [6.07, 6.45) is 1.90. The molecule has 0 aliphatic heterocycles. The maximum atomic E-state index is 11.7. The first kappa shape index (κ1) is 15.8. The van der Waals surface area contributed by atoms with Gasteiger partial charge in [0.05, 0.1) is 0 Å². The Bertz CT molecular complexity index is 572. The van der Waals surface area contributed by atoms with Crippen LogP contribution in [0.2, 0.25) is 0 Å². The Morgan fingerprint density at radius 1 is 1.10 bits per heavy atom. The van der Waals surface area contributed by atoms with E-state index in [-0.39, 0.29) is 12.5 Å². The van der Waals surface area contributed by atoms with Crippen LogP contribution in [0.4, 0.5) is 0 Å². The Morgan fingerprint density at radius 3 is 2.67 bits per heavy atom. The SMILES string of the molecule is O=C(COc1cccc(I)c1)NCCCc1ccccc1. The van der Waals surface area contributed by atoms with Gasteiger partial charge < -0.3 is 10.1 Å². The molecule has 0 bridgehead atoms. The molecule has 4 heteroatoms. The van der Waals surface area contributed by atoms with Gasteiger partial charge in [-0.2, -0.15) is 0 Å². The van der Waals surface area contributed by atoms with Crippen LogP contribution in [0.1, 0.15) is 12.0 Å². The Kier molecular flexibility index (Phi) is 6.53. The standard InChI is InChI=1S/C17H18INO2/c18-15-9-4-10-16(12-15)21-13-17(20)19-11-5-8-14-6-2-1-3-7-14/h1-4,6-7,9-10,12H,5,8,11,13H2,(H,19,20). The van der Waals surface area contributed by atoms with Crippen molar-refractivity contribution in [3.05, 3.63) is 63.7 Å². The Hall–Kier alpha value is -1.56. The molecule has 110 valence electrons. The van der Waals surface area contributed by atoms with Gasteiger partial charge in [-0.1, -0.05) is 36.4 Å². The van der Waals surface area contributed by atoms with E-state index in [0.717, 1.165) is 22.2 Å². The molecular formula is C17H18INO2. The number of nitrogens with one attached hydrogen (secondary N) is 1. The molecule has 3 nitrogen and oxygen atoms in total. The van der Waals surface area contributed by atoms with E-state index in [4.69, 9.17) is 4.74 Å². The predicted octanol–water partition coefficient (Wildman–Crippen LogP) is 3.42. The zero-order valence-electron chi connectivity index (χ0n) is 11.7. The van der Waals surface area contributed by atoms with Crippen molar-refractivity contribution in [1.29, 1.82) is 0 Å². The van der Waals surface area contributed by atoms with Crippen molar-refractivity contribution in [3.8, 4) is 5.75 Å². The molecule has 0 aliphatic carbocycles. The monoisotopic (exact) mass is 395 g/mol. The van der Waals surface area contributed by atoms with E-state index < -0.39 is 0 Å². The molecule has 0 atom stereocenters. The van der Waals surface area contributed by atoms with Crippen LogP contribution in [0.15, 0.2) is 54.6 Å². The van der Waals surface area contributed by atoms with Crippen LogP contribution in [0.3, 0.4) is 0 Å². The van der Waals surface area contributed by atoms with E-state index >= 15 is 0 Å². The van der Waals surface area contributed by atoms with Crippen molar-refractivity contribution in [2.75, 3.05) is 13.2 Å². The quantitative estimate of drug-likeness (QED) is 0.577. The van der Waals surface area contributed by atoms with Gasteiger partial charge in [-0.05, 0) is 59.2 Å². The van der Waals surface area contributed by atoms with Crippen LogP contribution in [0.5, 0.6) is 5.75 Å². The van der Waals surface area contributed by atoms with Crippen LogP contribution in [0.25, 0.3) is 0 Å². The van der Waals surface area contributed by atoms with Crippen molar-refractivity contribution in [1.82, 2.24) is 5.32 Å². The summed E-state index contributed by atoms with van der Waals surface area (Å²) in [7, 11) is 0. The Balaban J connectivity index is 1.62. The number of carbonyl (C=O) groups excluding carboxylic acids is 1. The van der Waals surface area contributed by atoms with Gasteiger partial charge in [-0.3, -0.25) is 4.79 Å². The van der Waals surface area contributed by atoms with E-state index in [2.05, 4.69) is 40.0 Å². The maximum Gasteiger partial charge on any atom is 0.257 e. The van der Waals surface area contributed by atoms with Crippen molar-refractivity contribution in [3.63, 3.8) is 0 Å². The van der Waals surface area contributed by atoms with Gasteiger partial charge >= 0.3 is 0 Å². The van der Waals surface area contributed by atoms with Gasteiger partial charge in [0, 0.05) is 10.1 Å². The summed E-state index contributed by atoms with van der Waals surface area (Å²) >= 11 is 2.22. The molecule has 0 fully saturated rings. The number of amides is 1. The normalized spacial score (nSPS) is 10.1. The lowest BCUT2D eigenvalue weighted by Crippen LogP contribution is -2.29. The van der Waals surface area contributed by atoms with E-state index in [1.807, 2.05) is 42.5 Å². The average Bonchev–Trinajstić information content (AvgIpc) is 2.51. The molecule has 2 aromatic rings. The summed E-state index contributed by atoms with van der Waals surface area (Å²) in [4.78, 5) is 11.7. The molecule has 0 aromatic heterocycles. The van der Waals surface area contributed by atoms with E-state index in [9.17, 15) is 4.79 Å². The highest BCUT2D eigenvalue weighted by Crippen LogP contribution is 2.14. The number of ether oxygens (including phenoxy) is 1. The molecular weight excluding hydrogens is 377 g/mol. The molecule has 0 saturated heterocycles. The number of hydrogen-bond acceptors (Lipinski definition) is 2. The van der Waals surface area contributed by atoms with Crippen LogP contribution >= 0.6 is 22.6 Å². The molecule has 2 aromatic carbocycles. The third-order valence-corrected chi connectivity index (χ3v) is 3.64. The van der Waals surface area contributed by atoms with Crippen LogP contribution in [-0.4, -0.2) is 19.1 Å². The highest BCUT2D eigenvalue weighted by Gasteiger charge is 2.02. The van der Waals surface area contributed by atoms with E-state index in [1.54, 1.807) is 0 Å². The molecule has 1 amide bonds. The van der Waals surface area contributed by atoms with E-state index in [1.165, 1.54) is 5.56 Å². The topological polar surface area (TPSA) is 38.3 Å². The fourth-order valence-electron chi connectivity index (χ4n) is 1.92. The second-order valence-electron chi connectivity index (χ2n) is 4.69. The summed E-state index contributed by atoms with van der Waals surface area (Å²) in [6.45, 7) is 0.731. The smallest absolute Gasteiger partial charge is 0.257 e. The number of benzene rings is 2. The summed E-state index contributed by atoms with van der Waals surface area (Å²) in [5, 5.41) is 2.87. The van der Waals surface area contributed by atoms with E-state index in [0.29, 0.717) is 6.54 Å². The minimum Gasteiger partial charge on any atom is -0.484 e. The van der Waals surface area contributed by atoms with Crippen molar-refractivity contribution in [2.45, 2.75) is 12.8 Å². The fourth-order valence-corrected chi connectivity index (χ4v) is 2.44. The van der Waals surface area contributed by atoms with Crippen molar-refractivity contribution in [2.24, 2.45) is 0 Å². The van der Waals surface area contributed by atoms with Crippen LogP contribution < -0.4 is 10.1 Å². The average molecular weight is 395 g/mol. The lowest BCUT2D eigenvalue weighted by atomic mass is 10.1. The molecule has 0 unspecified atom stereocenters. The summed E-state index contributed by atoms with van der Waals surface area (Å²) < 4.78 is 6.54. The zero-order valence-corrected chi connectivity index (χ0v) is 13.9. The molecule has 21 heavy (non-hydrogen) atoms. The third kappa shape index (κ3) is 6.16. The maximum absolute atomic E-state index is 11.7. The Morgan fingerprint density at radius 2 is 1.90 bits per heavy atom. The van der Waals surface area contributed by atoms with Gasteiger partial charge in [0.25, 0.3) is 5.91 Å². The second kappa shape index (κ2) is 8.67. The highest BCUT2D eigenvalue weighted by molar-refractivity contribution is 14.1. The molecule has 2 rings (SSSR count). The number of halogens is 1. The van der Waals surface area contributed by atoms with Gasteiger partial charge in [-0.15, -0.1) is 0 Å². The van der Waals surface area contributed by atoms with Crippen molar-refractivity contribution >= 4 is 28.5 Å². The van der Waals surface area contributed by atoms with Gasteiger partial charge in [0.2, 0.25) is 0 Å². The minimum atomic E-state index is -0.0816. The number of rotatable bonds is 7. The molecule has 0 aliphatic rings. The first-order chi connectivity index (χ1) is 10.2. The van der Waals surface area contributed by atoms with Crippen LogP contribution in [-0.2, 0) is 11.2 Å². The van der Waals surface area contributed by atoms with Gasteiger partial charge in [-0.25, -0.2) is 0 Å². The van der Waals surface area contributed by atoms with Gasteiger partial charge in [0.15, 0.2) is 6.61 Å². The summed E-state index contributed by atoms with van der Waals surface area (Å²) in [6, 6.07) is 17.9. The molecule has 0 spiro atoms. The van der Waals surface area contributed by atoms with Crippen molar-refractivity contribution < 1.29 is 9.53 Å².